The molecule has 3 heterocycles. The maximum atomic E-state index is 14.3. The molecule has 0 bridgehead atoms. The molecule has 13 atom stereocenters. The number of benzene rings is 3. The first kappa shape index (κ1) is 94.0. The molecule has 0 radical (unpaired) electrons. The number of rotatable bonds is 41. The Labute approximate surface area is 666 Å². The normalized spacial score (nSPS) is 20.7. The van der Waals surface area contributed by atoms with E-state index >= 15 is 0 Å². The number of carboxylic acid groups (broad SMARTS) is 1. The van der Waals surface area contributed by atoms with Crippen LogP contribution in [0.25, 0.3) is 0 Å². The standard InChI is InChI=1S/C78H111N13O23S/c1-45(115(112,113)114)31-35-91-56-30-28-48(71(107)84-41-58(95)67(103)69(105)60(97)44-93)38-50(56)78(4,5)62(91)25-14-8-6-7-13-24-61-77(2,3)49-37-47(70(106)83-40-57(94)66(102)68(104)59(96)43-92)27-29-55(49)90(61)34-18-10-15-26-63(98)81-32-17-16-22-52-73(109)87-51(23-19-33-82-76(79)80)72(108)85-42-64(99)86-54(39-65(100)101)75(111)89-53(74(110)88-52)36-46-20-11-9-12-21-46/h6-9,11-14,20-21,24-25,27-30,37-38,45,51-54,57-60,66-69,92-97,102-105H,10,15-19,22-23,26,31-36,39-44H2,1-5H3,(H13-,79,80,81,82,83,84,85,86,87,88,89,98,99,100,101,106,107,108,109,110,111,112,113,114)/p+1/t45?,51-,52?,53+,54-,57?,58?,59?,60?,66?,67?,68?,69?/m0/s1. The van der Waals surface area contributed by atoms with Crippen molar-refractivity contribution in [3.63, 3.8) is 0 Å². The fourth-order valence-corrected chi connectivity index (χ4v) is 13.8. The van der Waals surface area contributed by atoms with Gasteiger partial charge in [-0.1, -0.05) is 74.6 Å². The van der Waals surface area contributed by atoms with Crippen molar-refractivity contribution < 1.29 is 117 Å². The van der Waals surface area contributed by atoms with Crippen molar-refractivity contribution in [3.8, 4) is 0 Å². The second-order valence-electron chi connectivity index (χ2n) is 29.6. The van der Waals surface area contributed by atoms with Gasteiger partial charge in [0.05, 0.1) is 49.1 Å². The number of carbonyl (C=O) groups is 9. The molecule has 36 nitrogen and oxygen atoms in total. The summed E-state index contributed by atoms with van der Waals surface area (Å²) < 4.78 is 36.3. The average molecular weight is 1630 g/mol. The van der Waals surface area contributed by atoms with Gasteiger partial charge in [0.25, 0.3) is 21.9 Å². The topological polar surface area (TPSA) is 597 Å². The van der Waals surface area contributed by atoms with Gasteiger partial charge in [-0.2, -0.15) is 13.0 Å². The van der Waals surface area contributed by atoms with Gasteiger partial charge in [-0.05, 0) is 120 Å². The summed E-state index contributed by atoms with van der Waals surface area (Å²) in [5.41, 5.74) is 14.7. The lowest BCUT2D eigenvalue weighted by Crippen LogP contribution is -2.58. The number of aliphatic carboxylic acids is 1. The summed E-state index contributed by atoms with van der Waals surface area (Å²) in [6, 6.07) is 12.7. The molecule has 0 aliphatic carbocycles. The first-order valence-corrected chi connectivity index (χ1v) is 39.5. The number of fused-ring (bicyclic) bond motifs is 2. The van der Waals surface area contributed by atoms with Gasteiger partial charge in [0.1, 0.15) is 67.3 Å². The Morgan fingerprint density at radius 2 is 1.18 bits per heavy atom. The van der Waals surface area contributed by atoms with E-state index in [1.54, 1.807) is 85.0 Å². The number of carboxylic acids is 1. The van der Waals surface area contributed by atoms with Crippen LogP contribution in [0.15, 0.2) is 120 Å². The summed E-state index contributed by atoms with van der Waals surface area (Å²) in [6.07, 6.45) is -0.437. The minimum absolute atomic E-state index is 0.0155. The first-order valence-electron chi connectivity index (χ1n) is 38.0. The van der Waals surface area contributed by atoms with E-state index in [0.717, 1.165) is 17.0 Å². The molecule has 10 unspecified atom stereocenters. The van der Waals surface area contributed by atoms with Crippen molar-refractivity contribution in [1.82, 2.24) is 42.5 Å². The zero-order valence-corrected chi connectivity index (χ0v) is 65.8. The summed E-state index contributed by atoms with van der Waals surface area (Å²) in [7, 11) is -4.41. The fourth-order valence-electron chi connectivity index (χ4n) is 13.4. The number of hydrogen-bond acceptors (Lipinski definition) is 23. The smallest absolute Gasteiger partial charge is 0.305 e. The molecule has 24 N–H and O–H groups in total. The Morgan fingerprint density at radius 3 is 1.78 bits per heavy atom. The van der Waals surface area contributed by atoms with Crippen molar-refractivity contribution in [2.24, 2.45) is 16.5 Å². The maximum Gasteiger partial charge on any atom is 0.305 e. The molecule has 0 saturated carbocycles. The van der Waals surface area contributed by atoms with Crippen LogP contribution >= 0.6 is 0 Å². The highest BCUT2D eigenvalue weighted by Gasteiger charge is 2.46. The van der Waals surface area contributed by atoms with Gasteiger partial charge in [0.2, 0.25) is 41.1 Å². The van der Waals surface area contributed by atoms with E-state index in [-0.39, 0.29) is 87.6 Å². The van der Waals surface area contributed by atoms with Crippen molar-refractivity contribution in [3.05, 3.63) is 143 Å². The largest absolute Gasteiger partial charge is 0.481 e. The third kappa shape index (κ3) is 27.4. The first-order chi connectivity index (χ1) is 54.3. The van der Waals surface area contributed by atoms with Crippen LogP contribution in [0.5, 0.6) is 0 Å². The third-order valence-electron chi connectivity index (χ3n) is 20.2. The average Bonchev–Trinajstić information content (AvgIpc) is 1.59. The number of nitrogens with zero attached hydrogens (tertiary/aromatic N) is 3. The number of guanidine groups is 1. The predicted molar refractivity (Wildman–Crippen MR) is 422 cm³/mol. The molecule has 37 heteroatoms. The molecule has 6 rings (SSSR count). The van der Waals surface area contributed by atoms with E-state index in [0.29, 0.717) is 54.7 Å². The fraction of sp³-hybridized carbons (Fsp3) is 0.526. The van der Waals surface area contributed by atoms with Crippen molar-refractivity contribution in [2.45, 2.75) is 201 Å². The number of aliphatic imine (C=N–C) groups is 1. The summed E-state index contributed by atoms with van der Waals surface area (Å²) in [4.78, 5) is 127. The van der Waals surface area contributed by atoms with E-state index < -0.39 is 186 Å². The molecule has 632 valence electrons. The van der Waals surface area contributed by atoms with E-state index in [4.69, 9.17) is 16.6 Å². The summed E-state index contributed by atoms with van der Waals surface area (Å²) in [5.74, 6) is -7.58. The van der Waals surface area contributed by atoms with Crippen LogP contribution < -0.4 is 58.9 Å². The number of aliphatic hydroxyl groups excluding tert-OH is 10. The number of hydrogen-bond donors (Lipinski definition) is 22. The highest BCUT2D eigenvalue weighted by molar-refractivity contribution is 7.86. The van der Waals surface area contributed by atoms with E-state index in [9.17, 15) is 107 Å². The SMILES string of the molecule is CC(CCN1/C(=C/C=C/C=C/C=C/C2=[N+](CCCCCC(=O)NCCCCC3NC(=O)[C@@H](Cc4ccccc4)NC(=O)[C@H](CC(=O)O)NC(=O)CNC(=O)[C@H](CCCN=C(N)N)NC3=O)c3ccc(C(=O)NCC(O)C(O)C(O)C(O)CO)cc3C2(C)C)C(C)(C)c2cc(C(=O)NCC(O)C(O)C(O)C(O)CO)ccc21)S(=O)(=O)O. The van der Waals surface area contributed by atoms with Crippen LogP contribution in [0.3, 0.4) is 0 Å². The quantitative estimate of drug-likeness (QED) is 0.00676. The molecular formula is C78H112N13O23S+. The van der Waals surface area contributed by atoms with Crippen molar-refractivity contribution in [1.29, 1.82) is 0 Å². The maximum absolute atomic E-state index is 14.3. The molecule has 1 saturated heterocycles. The summed E-state index contributed by atoms with van der Waals surface area (Å²) in [6.45, 7) is 6.39. The lowest BCUT2D eigenvalue weighted by Gasteiger charge is -2.27. The van der Waals surface area contributed by atoms with Gasteiger partial charge in [0, 0.05) is 97.6 Å². The molecule has 3 aromatic rings. The van der Waals surface area contributed by atoms with Crippen LogP contribution in [0.2, 0.25) is 0 Å². The minimum Gasteiger partial charge on any atom is -0.481 e. The molecule has 115 heavy (non-hydrogen) atoms. The summed E-state index contributed by atoms with van der Waals surface area (Å²) >= 11 is 0. The number of anilines is 1. The number of nitrogens with two attached hydrogens (primary N) is 2. The van der Waals surface area contributed by atoms with Crippen molar-refractivity contribution in [2.75, 3.05) is 63.9 Å². The number of aliphatic hydroxyl groups is 10. The Bertz CT molecular complexity index is 4190. The van der Waals surface area contributed by atoms with Crippen LogP contribution in [0, 0.1) is 0 Å². The number of carbonyl (C=O) groups excluding carboxylic acids is 8. The van der Waals surface area contributed by atoms with Crippen LogP contribution in [0.1, 0.15) is 143 Å². The van der Waals surface area contributed by atoms with Gasteiger partial charge in [-0.25, -0.2) is 0 Å². The number of allylic oxidation sites excluding steroid dienone is 8. The Hall–Kier alpha value is -9.90. The predicted octanol–water partition coefficient (Wildman–Crippen LogP) is -2.90. The Morgan fingerprint density at radius 1 is 0.635 bits per heavy atom. The minimum atomic E-state index is -4.41. The van der Waals surface area contributed by atoms with Gasteiger partial charge in [-0.3, -0.25) is 52.7 Å². The molecule has 8 amide bonds. The molecule has 3 aromatic carbocycles. The number of nitrogens with one attached hydrogen (secondary N) is 8. The zero-order valence-electron chi connectivity index (χ0n) is 65.0. The molecule has 0 spiro atoms. The molecular weight excluding hydrogens is 1520 g/mol. The molecule has 3 aliphatic heterocycles. The van der Waals surface area contributed by atoms with Gasteiger partial charge in [0.15, 0.2) is 11.7 Å². The van der Waals surface area contributed by atoms with Gasteiger partial charge in [-0.15, -0.1) is 0 Å². The molecule has 0 aromatic heterocycles. The van der Waals surface area contributed by atoms with Gasteiger partial charge >= 0.3 is 5.97 Å². The van der Waals surface area contributed by atoms with E-state index in [1.165, 1.54) is 13.0 Å². The zero-order chi connectivity index (χ0) is 85.1. The lowest BCUT2D eigenvalue weighted by atomic mass is 9.80. The summed E-state index contributed by atoms with van der Waals surface area (Å²) in [5, 5.41) is 129. The highest BCUT2D eigenvalue weighted by Crippen LogP contribution is 2.48. The molecule has 3 aliphatic rings. The lowest BCUT2D eigenvalue weighted by molar-refractivity contribution is -0.438. The van der Waals surface area contributed by atoms with E-state index in [1.807, 2.05) is 50.8 Å². The Balaban J connectivity index is 1.17. The van der Waals surface area contributed by atoms with Crippen molar-refractivity contribution >= 4 is 86.4 Å². The van der Waals surface area contributed by atoms with Crippen LogP contribution in [-0.2, 0) is 60.9 Å². The Kier molecular flexibility index (Phi) is 36.2. The number of unbranched alkanes of at least 4 members (excludes halogenated alkanes) is 3. The third-order valence-corrected chi connectivity index (χ3v) is 21.5. The van der Waals surface area contributed by atoms with Crippen LogP contribution in [0.4, 0.5) is 11.4 Å². The van der Waals surface area contributed by atoms with E-state index in [2.05, 4.69) is 52.1 Å². The van der Waals surface area contributed by atoms with Gasteiger partial charge < -0.3 is 115 Å². The van der Waals surface area contributed by atoms with Crippen LogP contribution in [-0.4, -0.2) is 276 Å². The monoisotopic (exact) mass is 1630 g/mol. The highest BCUT2D eigenvalue weighted by atomic mass is 32.2. The number of amides is 8. The second kappa shape index (κ2) is 44.3. The molecule has 1 fully saturated rings. The second-order valence-corrected chi connectivity index (χ2v) is 31.5.